The van der Waals surface area contributed by atoms with Gasteiger partial charge in [0.1, 0.15) is 22.6 Å². The van der Waals surface area contributed by atoms with Crippen molar-refractivity contribution in [3.63, 3.8) is 0 Å². The second-order valence-electron chi connectivity index (χ2n) is 6.58. The first-order valence-electron chi connectivity index (χ1n) is 8.75. The highest BCUT2D eigenvalue weighted by Crippen LogP contribution is 2.46. The molecule has 2 N–H and O–H groups in total. The second kappa shape index (κ2) is 7.96. The Bertz CT molecular complexity index is 878. The lowest BCUT2D eigenvalue weighted by atomic mass is 9.97. The predicted molar refractivity (Wildman–Crippen MR) is 105 cm³/mol. The summed E-state index contributed by atoms with van der Waals surface area (Å²) < 4.78 is 16.0. The van der Waals surface area contributed by atoms with Gasteiger partial charge < -0.3 is 24.6 Å². The average Bonchev–Trinajstić information content (AvgIpc) is 2.71. The molecule has 1 aromatic rings. The molecule has 156 valence electrons. The molecular formula is C19H22N2O7S. The quantitative estimate of drug-likeness (QED) is 0.494. The molecule has 0 aliphatic carbocycles. The number of fused-ring (bicyclic) bond motifs is 1. The summed E-state index contributed by atoms with van der Waals surface area (Å²) in [6.45, 7) is 1.67. The van der Waals surface area contributed by atoms with E-state index in [0.29, 0.717) is 28.4 Å². The first-order valence-corrected chi connectivity index (χ1v) is 9.79. The van der Waals surface area contributed by atoms with Gasteiger partial charge in [-0.05, 0) is 24.6 Å². The number of ether oxygens (including phenoxy) is 3. The van der Waals surface area contributed by atoms with Gasteiger partial charge in [-0.1, -0.05) is 6.07 Å². The van der Waals surface area contributed by atoms with E-state index in [9.17, 15) is 19.5 Å². The van der Waals surface area contributed by atoms with Gasteiger partial charge in [0.25, 0.3) is 11.6 Å². The summed E-state index contributed by atoms with van der Waals surface area (Å²) in [5.41, 5.74) is -0.574. The van der Waals surface area contributed by atoms with Gasteiger partial charge in [0, 0.05) is 18.4 Å². The number of rotatable bonds is 7. The zero-order chi connectivity index (χ0) is 21.3. The lowest BCUT2D eigenvalue weighted by molar-refractivity contribution is -0.192. The van der Waals surface area contributed by atoms with Crippen LogP contribution in [0.2, 0.25) is 0 Å². The van der Waals surface area contributed by atoms with Crippen LogP contribution in [-0.2, 0) is 25.5 Å². The van der Waals surface area contributed by atoms with Crippen molar-refractivity contribution in [1.29, 1.82) is 0 Å². The van der Waals surface area contributed by atoms with E-state index in [1.54, 1.807) is 25.1 Å². The van der Waals surface area contributed by atoms with Gasteiger partial charge in [-0.2, -0.15) is 0 Å². The normalized spacial score (nSPS) is 23.2. The Labute approximate surface area is 172 Å². The number of amides is 2. The highest BCUT2D eigenvalue weighted by molar-refractivity contribution is 8.00. The smallest absolute Gasteiger partial charge is 0.352 e. The molecule has 1 aromatic carbocycles. The number of nitrogens with one attached hydrogen (secondary N) is 1. The number of hydrogen-bond acceptors (Lipinski definition) is 7. The molecule has 2 amide bonds. The fraction of sp³-hybridized carbons (Fsp3) is 0.421. The van der Waals surface area contributed by atoms with Crippen LogP contribution in [-0.4, -0.2) is 66.0 Å². The van der Waals surface area contributed by atoms with E-state index in [0.717, 1.165) is 0 Å². The van der Waals surface area contributed by atoms with E-state index >= 15 is 0 Å². The first kappa shape index (κ1) is 21.0. The standard InChI is InChI=1S/C19H22N2O7S/c1-10-9-29-18-19(28-4,17(25)21(18)15(10)16(23)24)20-14(22)8-11-12(26-2)6-5-7-13(11)27-3/h5-7,18H,8-9H2,1-4H3,(H,20,22)(H,23,24)/t18-,19?/m1/s1. The Morgan fingerprint density at radius 2 is 1.90 bits per heavy atom. The maximum atomic E-state index is 12.9. The highest BCUT2D eigenvalue weighted by Gasteiger charge is 2.66. The molecule has 2 heterocycles. The third kappa shape index (κ3) is 3.32. The fourth-order valence-electron chi connectivity index (χ4n) is 3.55. The number of β-lactam (4-membered cyclic amide) rings is 1. The Balaban J connectivity index is 1.84. The lowest BCUT2D eigenvalue weighted by Gasteiger charge is -2.55. The van der Waals surface area contributed by atoms with Gasteiger partial charge in [-0.3, -0.25) is 14.5 Å². The van der Waals surface area contributed by atoms with E-state index in [1.807, 2.05) is 0 Å². The molecule has 29 heavy (non-hydrogen) atoms. The van der Waals surface area contributed by atoms with E-state index < -0.39 is 28.9 Å². The van der Waals surface area contributed by atoms with E-state index in [2.05, 4.69) is 5.32 Å². The van der Waals surface area contributed by atoms with Crippen molar-refractivity contribution in [3.8, 4) is 11.5 Å². The lowest BCUT2D eigenvalue weighted by Crippen LogP contribution is -2.80. The largest absolute Gasteiger partial charge is 0.496 e. The molecular weight excluding hydrogens is 400 g/mol. The molecule has 10 heteroatoms. The third-order valence-electron chi connectivity index (χ3n) is 4.94. The Kier molecular flexibility index (Phi) is 5.76. The minimum Gasteiger partial charge on any atom is -0.496 e. The topological polar surface area (TPSA) is 114 Å². The Morgan fingerprint density at radius 1 is 1.28 bits per heavy atom. The van der Waals surface area contributed by atoms with E-state index in [1.165, 1.54) is 38.0 Å². The molecule has 2 aliphatic heterocycles. The molecule has 1 fully saturated rings. The number of carboxylic acid groups (broad SMARTS) is 1. The summed E-state index contributed by atoms with van der Waals surface area (Å²) in [6, 6.07) is 5.15. The number of thioether (sulfide) groups is 1. The average molecular weight is 422 g/mol. The molecule has 3 rings (SSSR count). The van der Waals surface area contributed by atoms with E-state index in [4.69, 9.17) is 14.2 Å². The summed E-state index contributed by atoms with van der Waals surface area (Å²) >= 11 is 1.34. The summed E-state index contributed by atoms with van der Waals surface area (Å²) in [7, 11) is 4.28. The van der Waals surface area contributed by atoms with Crippen molar-refractivity contribution in [2.75, 3.05) is 27.1 Å². The number of methoxy groups -OCH3 is 3. The minimum absolute atomic E-state index is 0.0629. The molecule has 0 saturated carbocycles. The van der Waals surface area contributed by atoms with Crippen molar-refractivity contribution in [1.82, 2.24) is 10.2 Å². The molecule has 9 nitrogen and oxygen atoms in total. The predicted octanol–water partition coefficient (Wildman–Crippen LogP) is 0.979. The van der Waals surface area contributed by atoms with Crippen LogP contribution in [0.25, 0.3) is 0 Å². The number of carbonyl (C=O) groups is 3. The molecule has 1 saturated heterocycles. The van der Waals surface area contributed by atoms with Gasteiger partial charge in [-0.25, -0.2) is 4.79 Å². The molecule has 0 aromatic heterocycles. The Morgan fingerprint density at radius 3 is 2.41 bits per heavy atom. The van der Waals surface area contributed by atoms with Gasteiger partial charge in [-0.15, -0.1) is 11.8 Å². The molecule has 2 aliphatic rings. The SMILES string of the molecule is COc1cccc(OC)c1CC(=O)NC1(OC)C(=O)N2C(C(=O)O)=C(C)CS[C@@H]21. The number of carbonyl (C=O) groups excluding carboxylic acids is 2. The van der Waals surface area contributed by atoms with Crippen LogP contribution in [0.15, 0.2) is 29.5 Å². The number of carboxylic acids is 1. The van der Waals surface area contributed by atoms with Crippen molar-refractivity contribution < 1.29 is 33.7 Å². The fourth-order valence-corrected chi connectivity index (χ4v) is 4.93. The van der Waals surface area contributed by atoms with Crippen LogP contribution in [0, 0.1) is 0 Å². The zero-order valence-electron chi connectivity index (χ0n) is 16.5. The molecule has 0 bridgehead atoms. The van der Waals surface area contributed by atoms with Crippen LogP contribution in [0.3, 0.4) is 0 Å². The maximum absolute atomic E-state index is 12.9. The van der Waals surface area contributed by atoms with Crippen molar-refractivity contribution >= 4 is 29.5 Å². The first-order chi connectivity index (χ1) is 13.8. The summed E-state index contributed by atoms with van der Waals surface area (Å²) in [5, 5.41) is 11.5. The van der Waals surface area contributed by atoms with Crippen molar-refractivity contribution in [2.45, 2.75) is 24.4 Å². The number of nitrogens with zero attached hydrogens (tertiary/aromatic N) is 1. The number of hydrogen-bond donors (Lipinski definition) is 2. The highest BCUT2D eigenvalue weighted by atomic mass is 32.2. The van der Waals surface area contributed by atoms with Gasteiger partial charge in [0.15, 0.2) is 0 Å². The van der Waals surface area contributed by atoms with E-state index in [-0.39, 0.29) is 12.1 Å². The van der Waals surface area contributed by atoms with Gasteiger partial charge in [0.05, 0.1) is 20.6 Å². The molecule has 1 unspecified atom stereocenters. The Hall–Kier alpha value is -2.72. The molecule has 0 spiro atoms. The monoisotopic (exact) mass is 422 g/mol. The maximum Gasteiger partial charge on any atom is 0.352 e. The van der Waals surface area contributed by atoms with Crippen LogP contribution in [0.1, 0.15) is 12.5 Å². The van der Waals surface area contributed by atoms with Crippen molar-refractivity contribution in [3.05, 3.63) is 35.0 Å². The van der Waals surface area contributed by atoms with Gasteiger partial charge >= 0.3 is 5.97 Å². The molecule has 0 radical (unpaired) electrons. The summed E-state index contributed by atoms with van der Waals surface area (Å²) in [6.07, 6.45) is -0.108. The number of benzene rings is 1. The van der Waals surface area contributed by atoms with Crippen LogP contribution >= 0.6 is 11.8 Å². The second-order valence-corrected chi connectivity index (χ2v) is 7.65. The number of aliphatic carboxylic acids is 1. The summed E-state index contributed by atoms with van der Waals surface area (Å²) in [4.78, 5) is 38.4. The van der Waals surface area contributed by atoms with Crippen molar-refractivity contribution in [2.24, 2.45) is 0 Å². The minimum atomic E-state index is -1.63. The zero-order valence-corrected chi connectivity index (χ0v) is 17.3. The van der Waals surface area contributed by atoms with Gasteiger partial charge in [0.2, 0.25) is 5.91 Å². The third-order valence-corrected chi connectivity index (χ3v) is 6.40. The van der Waals surface area contributed by atoms with Crippen LogP contribution in [0.4, 0.5) is 0 Å². The summed E-state index contributed by atoms with van der Waals surface area (Å²) in [5.74, 6) is -0.911. The van der Waals surface area contributed by atoms with Crippen LogP contribution in [0.5, 0.6) is 11.5 Å². The van der Waals surface area contributed by atoms with Crippen LogP contribution < -0.4 is 14.8 Å². The molecule has 2 atom stereocenters.